The molecule has 2 atom stereocenters. The fraction of sp³-hybridized carbons (Fsp3) is 0.889. The van der Waals surface area contributed by atoms with Gasteiger partial charge in [0.25, 0.3) is 0 Å². The topological polar surface area (TPSA) is 83.5 Å². The molecule has 5 nitrogen and oxygen atoms in total. The molecular weight excluding hydrogens is 218 g/mol. The first kappa shape index (κ1) is 10.9. The number of carboxylic acids is 1. The van der Waals surface area contributed by atoms with Crippen LogP contribution < -0.4 is 5.32 Å². The summed E-state index contributed by atoms with van der Waals surface area (Å²) >= 11 is 0. The minimum atomic E-state index is -3.21. The van der Waals surface area contributed by atoms with Gasteiger partial charge in [0.2, 0.25) is 0 Å². The van der Waals surface area contributed by atoms with E-state index in [-0.39, 0.29) is 23.0 Å². The van der Waals surface area contributed by atoms with Gasteiger partial charge < -0.3 is 5.11 Å². The summed E-state index contributed by atoms with van der Waals surface area (Å²) in [5.41, 5.74) is -0.0127. The molecule has 2 N–H and O–H groups in total. The summed E-state index contributed by atoms with van der Waals surface area (Å²) in [6.45, 7) is 2.00. The van der Waals surface area contributed by atoms with Crippen molar-refractivity contribution >= 4 is 15.8 Å². The Hall–Kier alpha value is -0.620. The molecule has 0 aromatic heterocycles. The normalized spacial score (nSPS) is 37.1. The lowest BCUT2D eigenvalue weighted by Crippen LogP contribution is -2.57. The van der Waals surface area contributed by atoms with Crippen LogP contribution in [0.3, 0.4) is 0 Å². The summed E-state index contributed by atoms with van der Waals surface area (Å²) in [6, 6.07) is -1.14. The summed E-state index contributed by atoms with van der Waals surface area (Å²) in [5, 5.41) is 11.8. The van der Waals surface area contributed by atoms with Crippen LogP contribution in [0.4, 0.5) is 0 Å². The van der Waals surface area contributed by atoms with Gasteiger partial charge in [0, 0.05) is 6.04 Å². The van der Waals surface area contributed by atoms with Gasteiger partial charge in [-0.3, -0.25) is 10.1 Å². The minimum absolute atomic E-state index is 0.0127. The van der Waals surface area contributed by atoms with E-state index >= 15 is 0 Å². The lowest BCUT2D eigenvalue weighted by molar-refractivity contribution is -0.139. The molecule has 0 aromatic rings. The number of hydrogen-bond donors (Lipinski definition) is 2. The van der Waals surface area contributed by atoms with Crippen molar-refractivity contribution in [1.29, 1.82) is 0 Å². The number of carboxylic acid groups (broad SMARTS) is 1. The second-order valence-corrected chi connectivity index (χ2v) is 6.99. The lowest BCUT2D eigenvalue weighted by Gasteiger charge is -2.32. The highest BCUT2D eigenvalue weighted by Crippen LogP contribution is 2.49. The number of carbonyl (C=O) groups is 1. The third kappa shape index (κ3) is 2.15. The molecule has 1 aliphatic heterocycles. The average molecular weight is 233 g/mol. The van der Waals surface area contributed by atoms with Crippen molar-refractivity contribution in [2.75, 3.05) is 11.5 Å². The zero-order valence-electron chi connectivity index (χ0n) is 8.56. The Morgan fingerprint density at radius 3 is 2.47 bits per heavy atom. The fourth-order valence-electron chi connectivity index (χ4n) is 2.01. The standard InChI is InChI=1S/C9H15NO4S/c1-9(2-3-9)7-5-15(13,14)4-6(10-7)8(11)12/h6-7,10H,2-5H2,1H3,(H,11,12). The van der Waals surface area contributed by atoms with Gasteiger partial charge >= 0.3 is 5.97 Å². The van der Waals surface area contributed by atoms with Crippen molar-refractivity contribution in [3.8, 4) is 0 Å². The van der Waals surface area contributed by atoms with E-state index < -0.39 is 21.8 Å². The number of rotatable bonds is 2. The Morgan fingerprint density at radius 2 is 2.00 bits per heavy atom. The van der Waals surface area contributed by atoms with Crippen LogP contribution in [-0.4, -0.2) is 43.1 Å². The van der Waals surface area contributed by atoms with Crippen LogP contribution in [0, 0.1) is 5.41 Å². The maximum absolute atomic E-state index is 11.5. The van der Waals surface area contributed by atoms with E-state index in [1.54, 1.807) is 0 Å². The molecule has 2 fully saturated rings. The second-order valence-electron chi connectivity index (χ2n) is 4.84. The quantitative estimate of drug-likeness (QED) is 0.679. The van der Waals surface area contributed by atoms with Crippen molar-refractivity contribution in [2.24, 2.45) is 5.41 Å². The van der Waals surface area contributed by atoms with Gasteiger partial charge in [0.1, 0.15) is 6.04 Å². The van der Waals surface area contributed by atoms with Crippen molar-refractivity contribution in [3.05, 3.63) is 0 Å². The number of sulfone groups is 1. The summed E-state index contributed by atoms with van der Waals surface area (Å²) < 4.78 is 23.1. The van der Waals surface area contributed by atoms with E-state index in [1.807, 2.05) is 6.92 Å². The van der Waals surface area contributed by atoms with Crippen molar-refractivity contribution in [2.45, 2.75) is 31.8 Å². The molecule has 0 radical (unpaired) electrons. The van der Waals surface area contributed by atoms with Crippen molar-refractivity contribution in [3.63, 3.8) is 0 Å². The van der Waals surface area contributed by atoms with Crippen molar-refractivity contribution in [1.82, 2.24) is 5.32 Å². The fourth-order valence-corrected chi connectivity index (χ4v) is 3.89. The number of aliphatic carboxylic acids is 1. The molecule has 2 aliphatic rings. The van der Waals surface area contributed by atoms with Gasteiger partial charge in [0.15, 0.2) is 9.84 Å². The molecule has 2 rings (SSSR count). The number of nitrogens with one attached hydrogen (secondary N) is 1. The highest BCUT2D eigenvalue weighted by molar-refractivity contribution is 7.91. The first-order chi connectivity index (χ1) is 6.82. The maximum Gasteiger partial charge on any atom is 0.321 e. The molecule has 0 amide bonds. The Bertz CT molecular complexity index is 385. The summed E-state index contributed by atoms with van der Waals surface area (Å²) in [4.78, 5) is 10.8. The van der Waals surface area contributed by atoms with E-state index in [0.29, 0.717) is 0 Å². The van der Waals surface area contributed by atoms with Crippen LogP contribution in [0.1, 0.15) is 19.8 Å². The molecule has 0 bridgehead atoms. The minimum Gasteiger partial charge on any atom is -0.480 e. The Balaban J connectivity index is 2.18. The third-order valence-corrected chi connectivity index (χ3v) is 5.10. The molecule has 2 unspecified atom stereocenters. The second kappa shape index (κ2) is 3.18. The van der Waals surface area contributed by atoms with Gasteiger partial charge in [-0.25, -0.2) is 8.42 Å². The van der Waals surface area contributed by atoms with Gasteiger partial charge in [-0.15, -0.1) is 0 Å². The van der Waals surface area contributed by atoms with E-state index in [4.69, 9.17) is 5.11 Å². The van der Waals surface area contributed by atoms with Crippen LogP contribution in [-0.2, 0) is 14.6 Å². The first-order valence-corrected chi connectivity index (χ1v) is 6.84. The van der Waals surface area contributed by atoms with Gasteiger partial charge in [-0.2, -0.15) is 0 Å². The molecule has 0 spiro atoms. The predicted molar refractivity (Wildman–Crippen MR) is 54.3 cm³/mol. The maximum atomic E-state index is 11.5. The van der Waals surface area contributed by atoms with Crippen LogP contribution in [0.5, 0.6) is 0 Å². The highest BCUT2D eigenvalue weighted by atomic mass is 32.2. The molecule has 1 aliphatic carbocycles. The molecule has 1 saturated carbocycles. The summed E-state index contributed by atoms with van der Waals surface area (Å²) in [5.74, 6) is -1.28. The summed E-state index contributed by atoms with van der Waals surface area (Å²) in [6.07, 6.45) is 1.96. The van der Waals surface area contributed by atoms with Crippen molar-refractivity contribution < 1.29 is 18.3 Å². The van der Waals surface area contributed by atoms with Crippen LogP contribution in [0.25, 0.3) is 0 Å². The largest absolute Gasteiger partial charge is 0.480 e. The monoisotopic (exact) mass is 233 g/mol. The van der Waals surface area contributed by atoms with Gasteiger partial charge in [-0.05, 0) is 18.3 Å². The highest BCUT2D eigenvalue weighted by Gasteiger charge is 2.50. The first-order valence-electron chi connectivity index (χ1n) is 5.02. The zero-order valence-corrected chi connectivity index (χ0v) is 9.38. The molecule has 15 heavy (non-hydrogen) atoms. The Morgan fingerprint density at radius 1 is 1.40 bits per heavy atom. The average Bonchev–Trinajstić information content (AvgIpc) is 2.82. The molecular formula is C9H15NO4S. The molecule has 0 aromatic carbocycles. The van der Waals surface area contributed by atoms with Gasteiger partial charge in [-0.1, -0.05) is 6.92 Å². The number of hydrogen-bond acceptors (Lipinski definition) is 4. The van der Waals surface area contributed by atoms with E-state index in [1.165, 1.54) is 0 Å². The van der Waals surface area contributed by atoms with E-state index in [0.717, 1.165) is 12.8 Å². The SMILES string of the molecule is CC1(C2CS(=O)(=O)CC(C(=O)O)N2)CC1. The smallest absolute Gasteiger partial charge is 0.321 e. The van der Waals surface area contributed by atoms with Crippen LogP contribution in [0.2, 0.25) is 0 Å². The van der Waals surface area contributed by atoms with Crippen LogP contribution >= 0.6 is 0 Å². The van der Waals surface area contributed by atoms with E-state index in [2.05, 4.69) is 5.32 Å². The lowest BCUT2D eigenvalue weighted by atomic mass is 9.99. The molecule has 86 valence electrons. The summed E-state index contributed by atoms with van der Waals surface area (Å²) in [7, 11) is -3.21. The predicted octanol–water partition coefficient (Wildman–Crippen LogP) is -0.374. The Kier molecular flexibility index (Phi) is 2.31. The molecule has 1 saturated heterocycles. The van der Waals surface area contributed by atoms with E-state index in [9.17, 15) is 13.2 Å². The molecule has 6 heteroatoms. The molecule has 1 heterocycles. The Labute approximate surface area is 88.8 Å². The third-order valence-electron chi connectivity index (χ3n) is 3.42. The van der Waals surface area contributed by atoms with Gasteiger partial charge in [0.05, 0.1) is 11.5 Å². The zero-order chi connectivity index (χ0) is 11.3. The van der Waals surface area contributed by atoms with Crippen LogP contribution in [0.15, 0.2) is 0 Å².